The van der Waals surface area contributed by atoms with Gasteiger partial charge in [-0.2, -0.15) is 5.10 Å². The van der Waals surface area contributed by atoms with Crippen molar-refractivity contribution in [3.05, 3.63) is 53.9 Å². The minimum absolute atomic E-state index is 0.310. The molecular weight excluding hydrogens is 224 g/mol. The Balaban J connectivity index is 1.80. The van der Waals surface area contributed by atoms with Crippen LogP contribution in [0.5, 0.6) is 0 Å². The summed E-state index contributed by atoms with van der Waals surface area (Å²) in [5, 5.41) is 7.08. The Labute approximate surface area is 98.1 Å². The van der Waals surface area contributed by atoms with Crippen LogP contribution in [0, 0.1) is 11.6 Å². The van der Waals surface area contributed by atoms with E-state index >= 15 is 0 Å². The highest BCUT2D eigenvalue weighted by atomic mass is 19.1. The number of hydrogen-bond donors (Lipinski definition) is 1. The molecule has 0 spiro atoms. The van der Waals surface area contributed by atoms with Crippen LogP contribution in [0.25, 0.3) is 0 Å². The molecule has 2 aromatic rings. The number of aromatic nitrogens is 2. The molecule has 1 aromatic carbocycles. The van der Waals surface area contributed by atoms with Crippen LogP contribution in [-0.4, -0.2) is 16.3 Å². The number of benzene rings is 1. The van der Waals surface area contributed by atoms with Gasteiger partial charge in [-0.05, 0) is 24.3 Å². The summed E-state index contributed by atoms with van der Waals surface area (Å²) in [6.07, 6.45) is 3.55. The van der Waals surface area contributed by atoms with Crippen LogP contribution in [0.2, 0.25) is 0 Å². The first-order valence-electron chi connectivity index (χ1n) is 5.38. The Morgan fingerprint density at radius 1 is 1.29 bits per heavy atom. The highest BCUT2D eigenvalue weighted by molar-refractivity contribution is 5.18. The van der Waals surface area contributed by atoms with Gasteiger partial charge in [0.05, 0.1) is 6.54 Å². The monoisotopic (exact) mass is 237 g/mol. The van der Waals surface area contributed by atoms with Crippen molar-refractivity contribution < 1.29 is 8.78 Å². The fourth-order valence-corrected chi connectivity index (χ4v) is 1.53. The maximum absolute atomic E-state index is 13.2. The molecule has 0 unspecified atom stereocenters. The van der Waals surface area contributed by atoms with Crippen LogP contribution >= 0.6 is 0 Å². The van der Waals surface area contributed by atoms with Gasteiger partial charge in [-0.1, -0.05) is 0 Å². The zero-order valence-corrected chi connectivity index (χ0v) is 9.24. The van der Waals surface area contributed by atoms with E-state index < -0.39 is 11.6 Å². The normalized spacial score (nSPS) is 10.7. The second-order valence-corrected chi connectivity index (χ2v) is 3.68. The van der Waals surface area contributed by atoms with Crippen molar-refractivity contribution in [3.63, 3.8) is 0 Å². The molecule has 0 fully saturated rings. The number of nitrogens with zero attached hydrogens (tertiary/aromatic N) is 2. The van der Waals surface area contributed by atoms with Gasteiger partial charge in [-0.25, -0.2) is 8.78 Å². The lowest BCUT2D eigenvalue weighted by molar-refractivity contribution is 0.534. The van der Waals surface area contributed by atoms with Crippen molar-refractivity contribution in [1.29, 1.82) is 0 Å². The molecule has 3 nitrogen and oxygen atoms in total. The lowest BCUT2D eigenvalue weighted by Crippen LogP contribution is -2.20. The maximum atomic E-state index is 13.2. The van der Waals surface area contributed by atoms with Crippen molar-refractivity contribution in [2.45, 2.75) is 13.1 Å². The minimum atomic E-state index is -0.421. The first-order valence-corrected chi connectivity index (χ1v) is 5.38. The van der Waals surface area contributed by atoms with Crippen molar-refractivity contribution in [2.24, 2.45) is 0 Å². The van der Waals surface area contributed by atoms with Crippen molar-refractivity contribution in [3.8, 4) is 0 Å². The summed E-state index contributed by atoms with van der Waals surface area (Å²) < 4.78 is 27.9. The van der Waals surface area contributed by atoms with Crippen LogP contribution in [0.4, 0.5) is 8.78 Å². The van der Waals surface area contributed by atoms with Crippen molar-refractivity contribution >= 4 is 0 Å². The molecule has 90 valence electrons. The van der Waals surface area contributed by atoms with Crippen LogP contribution in [0.15, 0.2) is 36.7 Å². The van der Waals surface area contributed by atoms with Gasteiger partial charge in [0.15, 0.2) is 0 Å². The van der Waals surface area contributed by atoms with Gasteiger partial charge >= 0.3 is 0 Å². The summed E-state index contributed by atoms with van der Waals surface area (Å²) in [6, 6.07) is 5.30. The van der Waals surface area contributed by atoms with Gasteiger partial charge in [0, 0.05) is 31.0 Å². The molecule has 5 heteroatoms. The quantitative estimate of drug-likeness (QED) is 0.805. The van der Waals surface area contributed by atoms with E-state index in [-0.39, 0.29) is 0 Å². The predicted molar refractivity (Wildman–Crippen MR) is 60.3 cm³/mol. The van der Waals surface area contributed by atoms with Crippen molar-refractivity contribution in [2.75, 3.05) is 6.54 Å². The molecule has 0 saturated carbocycles. The molecule has 1 heterocycles. The number of nitrogens with one attached hydrogen (secondary N) is 1. The fourth-order valence-electron chi connectivity index (χ4n) is 1.53. The Hall–Kier alpha value is -1.75. The number of rotatable bonds is 5. The zero-order valence-electron chi connectivity index (χ0n) is 9.24. The van der Waals surface area contributed by atoms with E-state index in [0.29, 0.717) is 25.2 Å². The van der Waals surface area contributed by atoms with Crippen LogP contribution in [-0.2, 0) is 13.1 Å². The van der Waals surface area contributed by atoms with Crippen LogP contribution in [0.3, 0.4) is 0 Å². The second kappa shape index (κ2) is 5.54. The number of hydrogen-bond acceptors (Lipinski definition) is 2. The van der Waals surface area contributed by atoms with E-state index in [9.17, 15) is 8.78 Å². The Morgan fingerprint density at radius 2 is 2.18 bits per heavy atom. The summed E-state index contributed by atoms with van der Waals surface area (Å²) >= 11 is 0. The fraction of sp³-hybridized carbons (Fsp3) is 0.250. The molecule has 0 radical (unpaired) electrons. The van der Waals surface area contributed by atoms with Gasteiger partial charge in [0.25, 0.3) is 0 Å². The SMILES string of the molecule is Fc1ccc(F)c(CNCCn2cccn2)c1. The molecule has 0 atom stereocenters. The third-order valence-corrected chi connectivity index (χ3v) is 2.40. The van der Waals surface area contributed by atoms with Gasteiger partial charge in [-0.3, -0.25) is 4.68 Å². The van der Waals surface area contributed by atoms with E-state index in [4.69, 9.17) is 0 Å². The third kappa shape index (κ3) is 3.35. The lowest BCUT2D eigenvalue weighted by atomic mass is 10.2. The Kier molecular flexibility index (Phi) is 3.82. The van der Waals surface area contributed by atoms with E-state index in [1.165, 1.54) is 6.07 Å². The first-order chi connectivity index (χ1) is 8.25. The highest BCUT2D eigenvalue weighted by Gasteiger charge is 2.02. The third-order valence-electron chi connectivity index (χ3n) is 2.40. The molecular formula is C12H13F2N3. The van der Waals surface area contributed by atoms with Gasteiger partial charge in [0.1, 0.15) is 11.6 Å². The van der Waals surface area contributed by atoms with E-state index in [1.807, 2.05) is 12.3 Å². The van der Waals surface area contributed by atoms with E-state index in [0.717, 1.165) is 12.1 Å². The molecule has 1 aromatic heterocycles. The Bertz CT molecular complexity index is 469. The first kappa shape index (κ1) is 11.7. The van der Waals surface area contributed by atoms with E-state index in [1.54, 1.807) is 10.9 Å². The summed E-state index contributed by atoms with van der Waals surface area (Å²) in [7, 11) is 0. The second-order valence-electron chi connectivity index (χ2n) is 3.68. The van der Waals surface area contributed by atoms with Gasteiger partial charge < -0.3 is 5.32 Å². The lowest BCUT2D eigenvalue weighted by Gasteiger charge is -2.06. The molecule has 1 N–H and O–H groups in total. The molecule has 0 saturated heterocycles. The number of halogens is 2. The largest absolute Gasteiger partial charge is 0.311 e. The summed E-state index contributed by atoms with van der Waals surface area (Å²) in [5.74, 6) is -0.812. The molecule has 2 rings (SSSR count). The zero-order chi connectivity index (χ0) is 12.1. The van der Waals surface area contributed by atoms with Crippen LogP contribution < -0.4 is 5.32 Å². The predicted octanol–water partition coefficient (Wildman–Crippen LogP) is 1.95. The summed E-state index contributed by atoms with van der Waals surface area (Å²) in [4.78, 5) is 0. The average Bonchev–Trinajstić information content (AvgIpc) is 2.82. The maximum Gasteiger partial charge on any atom is 0.127 e. The molecule has 0 bridgehead atoms. The standard InChI is InChI=1S/C12H13F2N3/c13-11-2-3-12(14)10(8-11)9-15-5-7-17-6-1-4-16-17/h1-4,6,8,15H,5,7,9H2. The van der Waals surface area contributed by atoms with E-state index in [2.05, 4.69) is 10.4 Å². The Morgan fingerprint density at radius 3 is 2.94 bits per heavy atom. The molecule has 17 heavy (non-hydrogen) atoms. The summed E-state index contributed by atoms with van der Waals surface area (Å²) in [6.45, 7) is 1.66. The minimum Gasteiger partial charge on any atom is -0.311 e. The molecule has 0 aliphatic carbocycles. The highest BCUT2D eigenvalue weighted by Crippen LogP contribution is 2.08. The molecule has 0 aliphatic rings. The average molecular weight is 237 g/mol. The van der Waals surface area contributed by atoms with Crippen molar-refractivity contribution in [1.82, 2.24) is 15.1 Å². The van der Waals surface area contributed by atoms with Gasteiger partial charge in [-0.15, -0.1) is 0 Å². The van der Waals surface area contributed by atoms with Gasteiger partial charge in [0.2, 0.25) is 0 Å². The smallest absolute Gasteiger partial charge is 0.127 e. The summed E-state index contributed by atoms with van der Waals surface area (Å²) in [5.41, 5.74) is 0.338. The molecule has 0 amide bonds. The van der Waals surface area contributed by atoms with Crippen LogP contribution in [0.1, 0.15) is 5.56 Å². The molecule has 0 aliphatic heterocycles. The topological polar surface area (TPSA) is 29.9 Å².